The molecule has 0 spiro atoms. The van der Waals surface area contributed by atoms with Gasteiger partial charge in [-0.3, -0.25) is 0 Å². The van der Waals surface area contributed by atoms with Crippen molar-refractivity contribution in [2.45, 2.75) is 57.3 Å². The van der Waals surface area contributed by atoms with Gasteiger partial charge in [-0.1, -0.05) is 41.9 Å². The zero-order valence-electron chi connectivity index (χ0n) is 12.9. The Bertz CT molecular complexity index is 448. The first kappa shape index (κ1) is 16.9. The molecule has 1 fully saturated rings. The van der Waals surface area contributed by atoms with Gasteiger partial charge in [-0.15, -0.1) is 0 Å². The quantitative estimate of drug-likeness (QED) is 0.815. The number of hydrogen-bond donors (Lipinski definition) is 2. The van der Waals surface area contributed by atoms with E-state index in [1.807, 2.05) is 24.3 Å². The molecular weight excluding hydrogens is 330 g/mol. The van der Waals surface area contributed by atoms with Crippen molar-refractivity contribution in [3.05, 3.63) is 34.3 Å². The third-order valence-electron chi connectivity index (χ3n) is 4.61. The molecule has 1 aromatic rings. The number of aliphatic hydroxyl groups excluding tert-OH is 1. The maximum Gasteiger partial charge on any atom is 0.0914 e. The largest absolute Gasteiger partial charge is 0.387 e. The van der Waals surface area contributed by atoms with Crippen LogP contribution in [0.1, 0.15) is 51.2 Å². The van der Waals surface area contributed by atoms with Gasteiger partial charge in [0.1, 0.15) is 0 Å². The number of hydrogen-bond acceptors (Lipinski definition) is 3. The van der Waals surface area contributed by atoms with Crippen molar-refractivity contribution in [2.24, 2.45) is 0 Å². The van der Waals surface area contributed by atoms with E-state index in [0.29, 0.717) is 12.6 Å². The number of ether oxygens (including phenoxy) is 1. The monoisotopic (exact) mass is 355 g/mol. The molecule has 0 aromatic heterocycles. The smallest absolute Gasteiger partial charge is 0.0914 e. The number of benzene rings is 1. The number of aliphatic hydroxyl groups is 1. The molecule has 2 N–H and O–H groups in total. The van der Waals surface area contributed by atoms with Crippen molar-refractivity contribution in [2.75, 3.05) is 13.2 Å². The van der Waals surface area contributed by atoms with E-state index in [9.17, 15) is 5.11 Å². The molecule has 2 rings (SSSR count). The van der Waals surface area contributed by atoms with Gasteiger partial charge in [-0.2, -0.15) is 0 Å². The fourth-order valence-corrected chi connectivity index (χ4v) is 3.47. The molecule has 0 radical (unpaired) electrons. The summed E-state index contributed by atoms with van der Waals surface area (Å²) < 4.78 is 6.99. The van der Waals surface area contributed by atoms with Crippen LogP contribution >= 0.6 is 15.9 Å². The Morgan fingerprint density at radius 3 is 2.86 bits per heavy atom. The molecule has 2 unspecified atom stereocenters. The minimum atomic E-state index is -0.469. The normalized spacial score (nSPS) is 23.0. The van der Waals surface area contributed by atoms with Gasteiger partial charge in [0.2, 0.25) is 0 Å². The van der Waals surface area contributed by atoms with Gasteiger partial charge in [0.25, 0.3) is 0 Å². The first-order chi connectivity index (χ1) is 10.1. The summed E-state index contributed by atoms with van der Waals surface area (Å²) in [7, 11) is 0. The van der Waals surface area contributed by atoms with Crippen molar-refractivity contribution < 1.29 is 9.84 Å². The first-order valence-electron chi connectivity index (χ1n) is 7.89. The van der Waals surface area contributed by atoms with E-state index in [2.05, 4.69) is 35.1 Å². The van der Waals surface area contributed by atoms with Crippen LogP contribution < -0.4 is 5.32 Å². The third-order valence-corrected chi connectivity index (χ3v) is 5.11. The molecule has 0 saturated carbocycles. The summed E-state index contributed by atoms with van der Waals surface area (Å²) in [6, 6.07) is 8.29. The van der Waals surface area contributed by atoms with E-state index in [-0.39, 0.29) is 5.60 Å². The molecule has 2 atom stereocenters. The van der Waals surface area contributed by atoms with Crippen LogP contribution in [0.4, 0.5) is 0 Å². The molecule has 118 valence electrons. The minimum absolute atomic E-state index is 0.0244. The predicted molar refractivity (Wildman–Crippen MR) is 89.4 cm³/mol. The molecule has 1 saturated heterocycles. The van der Waals surface area contributed by atoms with Crippen molar-refractivity contribution >= 4 is 15.9 Å². The summed E-state index contributed by atoms with van der Waals surface area (Å²) in [5.41, 5.74) is 0.970. The molecule has 0 bridgehead atoms. The van der Waals surface area contributed by atoms with Crippen LogP contribution in [-0.4, -0.2) is 29.9 Å². The summed E-state index contributed by atoms with van der Waals surface area (Å²) in [6.07, 6.45) is 3.69. The zero-order valence-corrected chi connectivity index (χ0v) is 14.5. The summed E-state index contributed by atoms with van der Waals surface area (Å²) in [5.74, 6) is 0. The highest BCUT2D eigenvalue weighted by Crippen LogP contribution is 2.31. The first-order valence-corrected chi connectivity index (χ1v) is 8.68. The van der Waals surface area contributed by atoms with Gasteiger partial charge in [-0.05, 0) is 43.4 Å². The van der Waals surface area contributed by atoms with Crippen molar-refractivity contribution in [1.82, 2.24) is 5.32 Å². The van der Waals surface area contributed by atoms with E-state index in [0.717, 1.165) is 42.3 Å². The van der Waals surface area contributed by atoms with Gasteiger partial charge in [0.15, 0.2) is 0 Å². The van der Waals surface area contributed by atoms with E-state index < -0.39 is 6.10 Å². The van der Waals surface area contributed by atoms with Crippen LogP contribution in [0.5, 0.6) is 0 Å². The summed E-state index contributed by atoms with van der Waals surface area (Å²) >= 11 is 3.44. The van der Waals surface area contributed by atoms with Gasteiger partial charge in [0.05, 0.1) is 11.7 Å². The van der Waals surface area contributed by atoms with Crippen LogP contribution in [0.25, 0.3) is 0 Å². The number of rotatable bonds is 6. The molecule has 3 nitrogen and oxygen atoms in total. The molecule has 21 heavy (non-hydrogen) atoms. The molecule has 1 aromatic carbocycles. The van der Waals surface area contributed by atoms with Crippen LogP contribution in [0.15, 0.2) is 28.7 Å². The number of nitrogens with one attached hydrogen (secondary N) is 1. The van der Waals surface area contributed by atoms with Crippen LogP contribution in [0, 0.1) is 0 Å². The Kier molecular flexibility index (Phi) is 6.23. The molecule has 1 heterocycles. The summed E-state index contributed by atoms with van der Waals surface area (Å²) in [6.45, 7) is 5.79. The van der Waals surface area contributed by atoms with Crippen molar-refractivity contribution in [1.29, 1.82) is 0 Å². The highest BCUT2D eigenvalue weighted by atomic mass is 79.9. The molecule has 0 amide bonds. The maximum absolute atomic E-state index is 10.3. The lowest BCUT2D eigenvalue weighted by Gasteiger charge is -2.40. The highest BCUT2D eigenvalue weighted by Gasteiger charge is 2.34. The third kappa shape index (κ3) is 4.52. The van der Waals surface area contributed by atoms with Crippen molar-refractivity contribution in [3.8, 4) is 0 Å². The van der Waals surface area contributed by atoms with Gasteiger partial charge < -0.3 is 15.2 Å². The van der Waals surface area contributed by atoms with Gasteiger partial charge in [-0.25, -0.2) is 0 Å². The van der Waals surface area contributed by atoms with Crippen molar-refractivity contribution in [3.63, 3.8) is 0 Å². The standard InChI is InChI=1S/C17H26BrNO2/c1-3-17(4-2)11-15(8-9-21-17)19-12-16(20)13-6-5-7-14(18)10-13/h5-7,10,15-16,19-20H,3-4,8-9,11-12H2,1-2H3. The lowest BCUT2D eigenvalue weighted by molar-refractivity contribution is -0.0937. The fourth-order valence-electron chi connectivity index (χ4n) is 3.05. The van der Waals surface area contributed by atoms with E-state index >= 15 is 0 Å². The Morgan fingerprint density at radius 2 is 2.19 bits per heavy atom. The van der Waals surface area contributed by atoms with E-state index in [1.165, 1.54) is 0 Å². The SMILES string of the molecule is CCC1(CC)CC(NCC(O)c2cccc(Br)c2)CCO1. The number of halogens is 1. The van der Waals surface area contributed by atoms with Gasteiger partial charge >= 0.3 is 0 Å². The average molecular weight is 356 g/mol. The second-order valence-corrected chi connectivity index (χ2v) is 6.82. The Hall–Kier alpha value is -0.420. The van der Waals surface area contributed by atoms with E-state index in [4.69, 9.17) is 4.74 Å². The lowest BCUT2D eigenvalue weighted by atomic mass is 9.86. The zero-order chi connectivity index (χ0) is 15.3. The summed E-state index contributed by atoms with van der Waals surface area (Å²) in [4.78, 5) is 0. The Balaban J connectivity index is 1.87. The maximum atomic E-state index is 10.3. The average Bonchev–Trinajstić information content (AvgIpc) is 2.52. The predicted octanol–water partition coefficient (Wildman–Crippen LogP) is 3.81. The molecule has 0 aliphatic carbocycles. The second kappa shape index (κ2) is 7.73. The van der Waals surface area contributed by atoms with Gasteiger partial charge in [0, 0.05) is 23.7 Å². The van der Waals surface area contributed by atoms with Crippen LogP contribution in [-0.2, 0) is 4.74 Å². The topological polar surface area (TPSA) is 41.5 Å². The Morgan fingerprint density at radius 1 is 1.43 bits per heavy atom. The van der Waals surface area contributed by atoms with Crippen LogP contribution in [0.3, 0.4) is 0 Å². The van der Waals surface area contributed by atoms with E-state index in [1.54, 1.807) is 0 Å². The highest BCUT2D eigenvalue weighted by molar-refractivity contribution is 9.10. The Labute approximate surface area is 136 Å². The minimum Gasteiger partial charge on any atom is -0.387 e. The molecule has 1 aliphatic rings. The molecule has 4 heteroatoms. The molecule has 1 aliphatic heterocycles. The van der Waals surface area contributed by atoms with Crippen LogP contribution in [0.2, 0.25) is 0 Å². The lowest BCUT2D eigenvalue weighted by Crippen LogP contribution is -2.47. The second-order valence-electron chi connectivity index (χ2n) is 5.91. The fraction of sp³-hybridized carbons (Fsp3) is 0.647. The molecular formula is C17H26BrNO2. The summed E-state index contributed by atoms with van der Waals surface area (Å²) in [5, 5.41) is 13.8.